The first-order valence-electron chi connectivity index (χ1n) is 20.8. The highest BCUT2D eigenvalue weighted by Gasteiger charge is 2.38. The number of benzene rings is 2. The van der Waals surface area contributed by atoms with Crippen molar-refractivity contribution in [1.29, 1.82) is 0 Å². The van der Waals surface area contributed by atoms with E-state index in [0.717, 1.165) is 16.3 Å². The van der Waals surface area contributed by atoms with Crippen molar-refractivity contribution in [3.8, 4) is 0 Å². The lowest BCUT2D eigenvalue weighted by Crippen LogP contribution is -2.63. The Morgan fingerprint density at radius 2 is 1.33 bits per heavy atom. The predicted molar refractivity (Wildman–Crippen MR) is 231 cm³/mol. The number of nitrogens with two attached hydrogens (primary N) is 3. The molecule has 18 nitrogen and oxygen atoms in total. The second kappa shape index (κ2) is 24.5. The van der Waals surface area contributed by atoms with Gasteiger partial charge in [-0.25, -0.2) is 4.79 Å². The number of primary amides is 2. The molecule has 61 heavy (non-hydrogen) atoms. The summed E-state index contributed by atoms with van der Waals surface area (Å²) < 4.78 is 5.29. The number of carbonyl (C=O) groups excluding carboxylic acids is 8. The zero-order valence-electron chi connectivity index (χ0n) is 36.6. The number of hydrogen-bond donors (Lipinski definition) is 9. The van der Waals surface area contributed by atoms with E-state index in [1.165, 1.54) is 13.8 Å². The van der Waals surface area contributed by atoms with Crippen LogP contribution in [0, 0.1) is 5.92 Å². The number of ether oxygens (including phenoxy) is 1. The van der Waals surface area contributed by atoms with Gasteiger partial charge in [0, 0.05) is 20.0 Å². The summed E-state index contributed by atoms with van der Waals surface area (Å²) in [7, 11) is 0. The molecular formula is C43H67N9O9. The topological polar surface area (TPSA) is 296 Å². The average Bonchev–Trinajstić information content (AvgIpc) is 3.15. The van der Waals surface area contributed by atoms with Crippen molar-refractivity contribution in [2.24, 2.45) is 23.1 Å². The molecule has 0 fully saturated rings. The Bertz CT molecular complexity index is 1850. The van der Waals surface area contributed by atoms with Crippen molar-refractivity contribution in [3.05, 3.63) is 48.0 Å². The molecule has 0 aromatic heterocycles. The van der Waals surface area contributed by atoms with Crippen LogP contribution in [-0.2, 0) is 44.7 Å². The molecule has 0 unspecified atom stereocenters. The normalized spacial score (nSPS) is 14.3. The Labute approximate surface area is 358 Å². The van der Waals surface area contributed by atoms with Crippen molar-refractivity contribution in [1.82, 2.24) is 31.9 Å². The third kappa shape index (κ3) is 19.4. The molecule has 8 amide bonds. The molecule has 0 saturated heterocycles. The van der Waals surface area contributed by atoms with Crippen LogP contribution >= 0.6 is 0 Å². The van der Waals surface area contributed by atoms with E-state index in [1.54, 1.807) is 20.8 Å². The summed E-state index contributed by atoms with van der Waals surface area (Å²) in [5, 5.41) is 17.9. The van der Waals surface area contributed by atoms with Crippen LogP contribution in [0.4, 0.5) is 4.79 Å². The summed E-state index contributed by atoms with van der Waals surface area (Å²) in [5.41, 5.74) is 15.8. The third-order valence-corrected chi connectivity index (χ3v) is 9.60. The number of carbonyl (C=O) groups is 8. The number of fused-ring (bicyclic) bond motifs is 1. The highest BCUT2D eigenvalue weighted by atomic mass is 16.6. The van der Waals surface area contributed by atoms with Gasteiger partial charge in [0.25, 0.3) is 0 Å². The maximum atomic E-state index is 14.4. The molecule has 0 saturated carbocycles. The molecule has 2 aromatic carbocycles. The lowest BCUT2D eigenvalue weighted by Gasteiger charge is -2.33. The second-order valence-electron chi connectivity index (χ2n) is 17.0. The Kier molecular flexibility index (Phi) is 20.6. The monoisotopic (exact) mass is 854 g/mol. The van der Waals surface area contributed by atoms with E-state index in [9.17, 15) is 38.4 Å². The molecule has 338 valence electrons. The van der Waals surface area contributed by atoms with Gasteiger partial charge in [0.15, 0.2) is 0 Å². The fourth-order valence-corrected chi connectivity index (χ4v) is 6.41. The van der Waals surface area contributed by atoms with Crippen LogP contribution in [0.3, 0.4) is 0 Å². The molecule has 0 aliphatic heterocycles. The SMILES string of the molecule is CC(=O)NCCCC[C@H](NC(=O)[C@](C)(CCCCNC(=O)OC(C)(C)C)NC(=O)[C@@H](N)Cc1ccc2ccccc2c1)C(=O)N[C@@H](CC(N)=O)C(=O)N[C@H](CC(C)C)C(N)=O. The first-order chi connectivity index (χ1) is 28.5. The Morgan fingerprint density at radius 1 is 0.721 bits per heavy atom. The van der Waals surface area contributed by atoms with Crippen molar-refractivity contribution in [2.45, 2.75) is 142 Å². The maximum Gasteiger partial charge on any atom is 0.407 e. The van der Waals surface area contributed by atoms with Gasteiger partial charge >= 0.3 is 6.09 Å². The first-order valence-corrected chi connectivity index (χ1v) is 20.8. The Hall–Kier alpha value is -5.78. The van der Waals surface area contributed by atoms with Gasteiger partial charge in [-0.05, 0) is 101 Å². The van der Waals surface area contributed by atoms with Gasteiger partial charge in [-0.2, -0.15) is 0 Å². The van der Waals surface area contributed by atoms with Gasteiger partial charge in [0.05, 0.1) is 12.5 Å². The van der Waals surface area contributed by atoms with Gasteiger partial charge in [-0.15, -0.1) is 0 Å². The first kappa shape index (κ1) is 51.4. The van der Waals surface area contributed by atoms with E-state index in [4.69, 9.17) is 21.9 Å². The van der Waals surface area contributed by atoms with Gasteiger partial charge < -0.3 is 53.8 Å². The van der Waals surface area contributed by atoms with Crippen LogP contribution in [0.25, 0.3) is 10.8 Å². The fourth-order valence-electron chi connectivity index (χ4n) is 6.41. The van der Waals surface area contributed by atoms with Crippen LogP contribution in [0.2, 0.25) is 0 Å². The van der Waals surface area contributed by atoms with E-state index in [0.29, 0.717) is 25.7 Å². The van der Waals surface area contributed by atoms with Crippen molar-refractivity contribution in [3.63, 3.8) is 0 Å². The average molecular weight is 854 g/mol. The molecule has 0 heterocycles. The summed E-state index contributed by atoms with van der Waals surface area (Å²) in [6.45, 7) is 12.2. The quantitative estimate of drug-likeness (QED) is 0.0648. The summed E-state index contributed by atoms with van der Waals surface area (Å²) in [6, 6.07) is 8.47. The third-order valence-electron chi connectivity index (χ3n) is 9.60. The second-order valence-corrected chi connectivity index (χ2v) is 17.0. The Morgan fingerprint density at radius 3 is 1.93 bits per heavy atom. The zero-order chi connectivity index (χ0) is 45.9. The van der Waals surface area contributed by atoms with Crippen molar-refractivity contribution < 1.29 is 43.1 Å². The largest absolute Gasteiger partial charge is 0.444 e. The zero-order valence-corrected chi connectivity index (χ0v) is 36.6. The molecule has 0 spiro atoms. The summed E-state index contributed by atoms with van der Waals surface area (Å²) in [6.07, 6.45) is 0.634. The molecule has 2 aromatic rings. The van der Waals surface area contributed by atoms with E-state index in [1.807, 2.05) is 56.3 Å². The molecule has 12 N–H and O–H groups in total. The maximum absolute atomic E-state index is 14.4. The lowest BCUT2D eigenvalue weighted by molar-refractivity contribution is -0.137. The van der Waals surface area contributed by atoms with Gasteiger partial charge in [0.1, 0.15) is 29.3 Å². The minimum atomic E-state index is -1.64. The minimum Gasteiger partial charge on any atom is -0.444 e. The smallest absolute Gasteiger partial charge is 0.407 e. The molecule has 0 radical (unpaired) electrons. The van der Waals surface area contributed by atoms with Crippen LogP contribution in [0.5, 0.6) is 0 Å². The number of hydrogen-bond acceptors (Lipinski definition) is 10. The summed E-state index contributed by atoms with van der Waals surface area (Å²) in [5.74, 6) is -5.13. The van der Waals surface area contributed by atoms with Crippen LogP contribution in [0.1, 0.15) is 105 Å². The minimum absolute atomic E-state index is 0.0185. The van der Waals surface area contributed by atoms with Crippen molar-refractivity contribution >= 4 is 58.2 Å². The van der Waals surface area contributed by atoms with Crippen LogP contribution < -0.4 is 49.1 Å². The molecular weight excluding hydrogens is 787 g/mol. The van der Waals surface area contributed by atoms with Crippen LogP contribution in [0.15, 0.2) is 42.5 Å². The van der Waals surface area contributed by atoms with Crippen molar-refractivity contribution in [2.75, 3.05) is 13.1 Å². The highest BCUT2D eigenvalue weighted by molar-refractivity contribution is 5.98. The molecule has 0 bridgehead atoms. The number of rotatable bonds is 25. The van der Waals surface area contributed by atoms with Gasteiger partial charge in [0.2, 0.25) is 41.4 Å². The fraction of sp³-hybridized carbons (Fsp3) is 0.581. The number of amides is 8. The number of nitrogens with one attached hydrogen (secondary N) is 6. The van der Waals surface area contributed by atoms with Gasteiger partial charge in [-0.3, -0.25) is 33.6 Å². The molecule has 0 aliphatic carbocycles. The Balaban J connectivity index is 2.38. The van der Waals surface area contributed by atoms with Crippen LogP contribution in [-0.4, -0.2) is 95.8 Å². The highest BCUT2D eigenvalue weighted by Crippen LogP contribution is 2.19. The van der Waals surface area contributed by atoms with E-state index < -0.39 is 83.3 Å². The molecule has 0 aliphatic rings. The standard InChI is InChI=1S/C43H67N9O9/c1-26(2)22-33(36(46)55)49-39(58)34(25-35(45)54)50-38(57)32(16-10-12-20-47-27(3)53)51-40(59)43(7,19-11-13-21-48-41(60)61-42(4,5)6)52-37(56)31(44)24-28-17-18-29-14-8-9-15-30(29)23-28/h8-9,14-15,17-18,23,26,31-34H,10-13,16,19-22,24-25,44H2,1-7H3,(H2,45,54)(H2,46,55)(H,47,53)(H,48,60)(H,49,58)(H,50,57)(H,51,59)(H,52,56)/t31-,32-,33+,34-,43-/m0/s1. The summed E-state index contributed by atoms with van der Waals surface area (Å²) >= 11 is 0. The molecule has 5 atom stereocenters. The van der Waals surface area contributed by atoms with E-state index in [-0.39, 0.29) is 50.6 Å². The molecule has 18 heteroatoms. The van der Waals surface area contributed by atoms with E-state index >= 15 is 0 Å². The number of alkyl carbamates (subject to hydrolysis) is 1. The molecule has 2 rings (SSSR count). The number of unbranched alkanes of at least 4 members (excludes halogenated alkanes) is 2. The predicted octanol–water partition coefficient (Wildman–Crippen LogP) is 1.45. The summed E-state index contributed by atoms with van der Waals surface area (Å²) in [4.78, 5) is 103. The van der Waals surface area contributed by atoms with Gasteiger partial charge in [-0.1, -0.05) is 56.3 Å². The van der Waals surface area contributed by atoms with E-state index in [2.05, 4.69) is 31.9 Å². The lowest BCUT2D eigenvalue weighted by atomic mass is 9.91.